The first-order valence-corrected chi connectivity index (χ1v) is 7.88. The Labute approximate surface area is 132 Å². The van der Waals surface area contributed by atoms with E-state index in [2.05, 4.69) is 11.8 Å². The smallest absolute Gasteiger partial charge is 0.138 e. The third-order valence-electron chi connectivity index (χ3n) is 3.52. The summed E-state index contributed by atoms with van der Waals surface area (Å²) in [6.07, 6.45) is 2.89. The quantitative estimate of drug-likeness (QED) is 0.536. The molecule has 1 rings (SSSR count). The Balaban J connectivity index is 2.96. The van der Waals surface area contributed by atoms with Crippen LogP contribution in [0.2, 0.25) is 0 Å². The van der Waals surface area contributed by atoms with Crippen molar-refractivity contribution in [2.75, 3.05) is 0 Å². The molecule has 0 aliphatic rings. The fourth-order valence-electron chi connectivity index (χ4n) is 2.40. The lowest BCUT2D eigenvalue weighted by Crippen LogP contribution is -2.25. The highest BCUT2D eigenvalue weighted by atomic mass is 19.1. The van der Waals surface area contributed by atoms with Crippen LogP contribution in [0.3, 0.4) is 0 Å². The third kappa shape index (κ3) is 6.15. The number of hydrogen-bond donors (Lipinski definition) is 3. The molecule has 0 spiro atoms. The van der Waals surface area contributed by atoms with Crippen LogP contribution in [0.1, 0.15) is 57.1 Å². The molecule has 0 amide bonds. The lowest BCUT2D eigenvalue weighted by atomic mass is 9.93. The Morgan fingerprint density at radius 1 is 1.27 bits per heavy atom. The van der Waals surface area contributed by atoms with Crippen molar-refractivity contribution in [1.82, 2.24) is 0 Å². The monoisotopic (exact) mass is 307 g/mol. The highest BCUT2D eigenvalue weighted by molar-refractivity contribution is 5.40. The molecule has 0 saturated carbocycles. The Kier molecular flexibility index (Phi) is 7.53. The van der Waals surface area contributed by atoms with Crippen LogP contribution in [0.4, 0.5) is 4.39 Å². The highest BCUT2D eigenvalue weighted by Gasteiger charge is 2.21. The summed E-state index contributed by atoms with van der Waals surface area (Å²) >= 11 is 0. The highest BCUT2D eigenvalue weighted by Crippen LogP contribution is 2.19. The van der Waals surface area contributed by atoms with E-state index in [-0.39, 0.29) is 5.56 Å². The Bertz CT molecular complexity index is 526. The summed E-state index contributed by atoms with van der Waals surface area (Å²) in [5.74, 6) is 5.22. The second kappa shape index (κ2) is 8.89. The molecule has 0 aliphatic carbocycles. The van der Waals surface area contributed by atoms with Gasteiger partial charge in [-0.3, -0.25) is 0 Å². The Morgan fingerprint density at radius 3 is 2.45 bits per heavy atom. The van der Waals surface area contributed by atoms with E-state index in [0.717, 1.165) is 18.4 Å². The van der Waals surface area contributed by atoms with Crippen molar-refractivity contribution in [1.29, 1.82) is 0 Å². The molecule has 0 bridgehead atoms. The van der Waals surface area contributed by atoms with E-state index in [9.17, 15) is 9.50 Å². The van der Waals surface area contributed by atoms with Crippen LogP contribution in [-0.2, 0) is 6.42 Å². The van der Waals surface area contributed by atoms with Gasteiger partial charge in [0, 0.05) is 0 Å². The fourth-order valence-corrected chi connectivity index (χ4v) is 2.40. The van der Waals surface area contributed by atoms with Crippen LogP contribution < -0.4 is 5.73 Å². The van der Waals surface area contributed by atoms with E-state index < -0.39 is 17.6 Å². The van der Waals surface area contributed by atoms with Crippen LogP contribution in [0.15, 0.2) is 18.2 Å². The molecule has 1 atom stereocenters. The van der Waals surface area contributed by atoms with Gasteiger partial charge < -0.3 is 15.9 Å². The van der Waals surface area contributed by atoms with Crippen LogP contribution in [0, 0.1) is 17.7 Å². The summed E-state index contributed by atoms with van der Waals surface area (Å²) in [7, 11) is 0. The lowest BCUT2D eigenvalue weighted by Gasteiger charge is -2.20. The number of benzene rings is 1. The van der Waals surface area contributed by atoms with Gasteiger partial charge in [0.1, 0.15) is 17.6 Å². The molecule has 4 heteroatoms. The van der Waals surface area contributed by atoms with Crippen LogP contribution in [0.25, 0.3) is 0 Å². The number of aryl methyl sites for hydroxylation is 1. The molecule has 0 fully saturated rings. The van der Waals surface area contributed by atoms with E-state index in [1.807, 2.05) is 13.8 Å². The number of aliphatic hydroxyl groups is 2. The topological polar surface area (TPSA) is 66.5 Å². The zero-order valence-electron chi connectivity index (χ0n) is 13.4. The summed E-state index contributed by atoms with van der Waals surface area (Å²) in [6.45, 7) is 3.98. The van der Waals surface area contributed by atoms with Crippen molar-refractivity contribution in [3.8, 4) is 11.8 Å². The van der Waals surface area contributed by atoms with Gasteiger partial charge in [-0.1, -0.05) is 44.6 Å². The molecule has 0 saturated heterocycles. The summed E-state index contributed by atoms with van der Waals surface area (Å²) in [4.78, 5) is 0. The second-order valence-corrected chi connectivity index (χ2v) is 5.70. The van der Waals surface area contributed by atoms with Crippen LogP contribution in [-0.4, -0.2) is 22.0 Å². The van der Waals surface area contributed by atoms with Gasteiger partial charge in [-0.2, -0.15) is 0 Å². The molecular weight excluding hydrogens is 281 g/mol. The first-order valence-electron chi connectivity index (χ1n) is 7.88. The van der Waals surface area contributed by atoms with Crippen LogP contribution in [0.5, 0.6) is 0 Å². The van der Waals surface area contributed by atoms with Gasteiger partial charge in [0.05, 0.1) is 5.56 Å². The van der Waals surface area contributed by atoms with Crippen molar-refractivity contribution in [2.24, 2.45) is 5.73 Å². The normalized spacial score (nSPS) is 12.6. The fraction of sp³-hybridized carbons (Fsp3) is 0.556. The van der Waals surface area contributed by atoms with Crippen LogP contribution >= 0.6 is 0 Å². The molecule has 1 aromatic rings. The first-order chi connectivity index (χ1) is 10.4. The average molecular weight is 307 g/mol. The summed E-state index contributed by atoms with van der Waals surface area (Å²) in [5.41, 5.74) is 5.39. The summed E-state index contributed by atoms with van der Waals surface area (Å²) in [6, 6.07) is 4.68. The predicted octanol–water partition coefficient (Wildman–Crippen LogP) is 2.72. The number of aliphatic hydroxyl groups excluding tert-OH is 1. The maximum absolute atomic E-state index is 13.9. The standard InChI is InChI=1S/C18H26FNO2/c1-3-10-18(22,11-4-2)12-9-15-13-14(5-7-16(15)19)6-8-17(20)21/h5,7,13,17,21-22H,3-4,6,8,10-11,20H2,1-2H3. The van der Waals surface area contributed by atoms with Gasteiger partial charge in [-0.05, 0) is 43.4 Å². The van der Waals surface area contributed by atoms with Gasteiger partial charge in [-0.15, -0.1) is 0 Å². The molecule has 4 N–H and O–H groups in total. The minimum absolute atomic E-state index is 0.273. The van der Waals surface area contributed by atoms with Gasteiger partial charge in [0.25, 0.3) is 0 Å². The van der Waals surface area contributed by atoms with Gasteiger partial charge in [-0.25, -0.2) is 4.39 Å². The number of nitrogens with two attached hydrogens (primary N) is 1. The van der Waals surface area contributed by atoms with Gasteiger partial charge in [0.15, 0.2) is 0 Å². The second-order valence-electron chi connectivity index (χ2n) is 5.70. The largest absolute Gasteiger partial charge is 0.379 e. The third-order valence-corrected chi connectivity index (χ3v) is 3.52. The lowest BCUT2D eigenvalue weighted by molar-refractivity contribution is 0.0807. The van der Waals surface area contributed by atoms with Crippen molar-refractivity contribution in [3.63, 3.8) is 0 Å². The summed E-state index contributed by atoms with van der Waals surface area (Å²) < 4.78 is 13.9. The predicted molar refractivity (Wildman–Crippen MR) is 86.6 cm³/mol. The van der Waals surface area contributed by atoms with E-state index in [0.29, 0.717) is 25.7 Å². The van der Waals surface area contributed by atoms with Crippen molar-refractivity contribution in [2.45, 2.75) is 64.2 Å². The molecule has 122 valence electrons. The zero-order valence-corrected chi connectivity index (χ0v) is 13.4. The summed E-state index contributed by atoms with van der Waals surface area (Å²) in [5, 5.41) is 19.6. The van der Waals surface area contributed by atoms with Crippen molar-refractivity contribution < 1.29 is 14.6 Å². The molecule has 3 nitrogen and oxygen atoms in total. The maximum Gasteiger partial charge on any atom is 0.138 e. The maximum atomic E-state index is 13.9. The number of hydrogen-bond acceptors (Lipinski definition) is 3. The van der Waals surface area contributed by atoms with Gasteiger partial charge >= 0.3 is 0 Å². The Hall–Kier alpha value is -1.41. The average Bonchev–Trinajstić information content (AvgIpc) is 2.45. The minimum Gasteiger partial charge on any atom is -0.379 e. The Morgan fingerprint density at radius 2 is 1.91 bits per heavy atom. The molecule has 1 aromatic carbocycles. The van der Waals surface area contributed by atoms with E-state index in [1.165, 1.54) is 6.07 Å². The minimum atomic E-state index is -1.06. The molecule has 0 radical (unpaired) electrons. The van der Waals surface area contributed by atoms with Crippen molar-refractivity contribution in [3.05, 3.63) is 35.1 Å². The SMILES string of the molecule is CCCC(O)(C#Cc1cc(CCC(N)O)ccc1F)CCC. The molecular formula is C18H26FNO2. The number of rotatable bonds is 7. The van der Waals surface area contributed by atoms with E-state index >= 15 is 0 Å². The van der Waals surface area contributed by atoms with Gasteiger partial charge in [0.2, 0.25) is 0 Å². The molecule has 0 aliphatic heterocycles. The molecule has 0 heterocycles. The number of halogens is 1. The zero-order chi connectivity index (χ0) is 16.6. The first kappa shape index (κ1) is 18.6. The van der Waals surface area contributed by atoms with Crippen molar-refractivity contribution >= 4 is 0 Å². The molecule has 0 aromatic heterocycles. The van der Waals surface area contributed by atoms with E-state index in [1.54, 1.807) is 12.1 Å². The van der Waals surface area contributed by atoms with E-state index in [4.69, 9.17) is 10.8 Å². The molecule has 22 heavy (non-hydrogen) atoms. The molecule has 1 unspecified atom stereocenters.